The summed E-state index contributed by atoms with van der Waals surface area (Å²) in [7, 11) is 0. The molecule has 1 heterocycles. The Morgan fingerprint density at radius 2 is 1.95 bits per heavy atom. The molecule has 1 aromatic carbocycles. The van der Waals surface area contributed by atoms with Crippen molar-refractivity contribution in [2.45, 2.75) is 20.4 Å². The number of halogens is 1. The molecule has 0 aliphatic carbocycles. The van der Waals surface area contributed by atoms with Gasteiger partial charge >= 0.3 is 5.69 Å². The fourth-order valence-corrected chi connectivity index (χ4v) is 2.10. The van der Waals surface area contributed by atoms with Crippen molar-refractivity contribution in [3.8, 4) is 5.75 Å². The van der Waals surface area contributed by atoms with Crippen molar-refractivity contribution in [3.05, 3.63) is 56.7 Å². The number of benzene rings is 1. The molecule has 100 valence electrons. The van der Waals surface area contributed by atoms with Crippen molar-refractivity contribution in [1.29, 1.82) is 0 Å². The molecule has 2 aromatic rings. The van der Waals surface area contributed by atoms with Crippen LogP contribution in [0.5, 0.6) is 5.75 Å². The van der Waals surface area contributed by atoms with Crippen molar-refractivity contribution >= 4 is 15.9 Å². The zero-order valence-corrected chi connectivity index (χ0v) is 12.5. The molecule has 0 atom stereocenters. The monoisotopic (exact) mass is 322 g/mol. The maximum Gasteiger partial charge on any atom is 0.348 e. The van der Waals surface area contributed by atoms with Crippen LogP contribution in [-0.2, 0) is 6.54 Å². The molecule has 0 aliphatic heterocycles. The molecule has 0 N–H and O–H groups in total. The third kappa shape index (κ3) is 3.67. The number of aromatic nitrogens is 2. The molecule has 0 fully saturated rings. The van der Waals surface area contributed by atoms with Gasteiger partial charge in [0.15, 0.2) is 0 Å². The highest BCUT2D eigenvalue weighted by molar-refractivity contribution is 9.10. The topological polar surface area (TPSA) is 44.1 Å². The Morgan fingerprint density at radius 1 is 1.26 bits per heavy atom. The second-order valence-corrected chi connectivity index (χ2v) is 5.19. The lowest BCUT2D eigenvalue weighted by molar-refractivity contribution is 0.294. The van der Waals surface area contributed by atoms with Gasteiger partial charge in [-0.25, -0.2) is 4.79 Å². The second kappa shape index (κ2) is 6.02. The van der Waals surface area contributed by atoms with Gasteiger partial charge < -0.3 is 4.74 Å². The van der Waals surface area contributed by atoms with Crippen molar-refractivity contribution in [1.82, 2.24) is 9.55 Å². The van der Waals surface area contributed by atoms with Crippen molar-refractivity contribution in [2.75, 3.05) is 6.61 Å². The van der Waals surface area contributed by atoms with Crippen LogP contribution in [0.25, 0.3) is 0 Å². The van der Waals surface area contributed by atoms with E-state index in [0.29, 0.717) is 13.2 Å². The predicted octanol–water partition coefficient (Wildman–Crippen LogP) is 2.70. The van der Waals surface area contributed by atoms with E-state index in [1.165, 1.54) is 0 Å². The van der Waals surface area contributed by atoms with Crippen LogP contribution in [-0.4, -0.2) is 16.2 Å². The van der Waals surface area contributed by atoms with Crippen LogP contribution in [0.4, 0.5) is 0 Å². The van der Waals surface area contributed by atoms with Gasteiger partial charge in [0.2, 0.25) is 0 Å². The highest BCUT2D eigenvalue weighted by Gasteiger charge is 2.03. The highest BCUT2D eigenvalue weighted by atomic mass is 79.9. The molecule has 4 nitrogen and oxygen atoms in total. The molecule has 0 amide bonds. The molecular weight excluding hydrogens is 308 g/mol. The largest absolute Gasteiger partial charge is 0.492 e. The predicted molar refractivity (Wildman–Crippen MR) is 77.6 cm³/mol. The number of hydrogen-bond donors (Lipinski definition) is 0. The summed E-state index contributed by atoms with van der Waals surface area (Å²) in [5, 5.41) is 0. The van der Waals surface area contributed by atoms with E-state index < -0.39 is 0 Å². The minimum absolute atomic E-state index is 0.225. The molecule has 0 spiro atoms. The first-order valence-corrected chi connectivity index (χ1v) is 6.79. The summed E-state index contributed by atoms with van der Waals surface area (Å²) in [6, 6.07) is 9.49. The van der Waals surface area contributed by atoms with Crippen molar-refractivity contribution < 1.29 is 4.74 Å². The number of nitrogens with zero attached hydrogens (tertiary/aromatic N) is 2. The third-order valence-electron chi connectivity index (χ3n) is 2.74. The Kier molecular flexibility index (Phi) is 4.37. The second-order valence-electron chi connectivity index (χ2n) is 4.28. The van der Waals surface area contributed by atoms with E-state index in [9.17, 15) is 4.79 Å². The Morgan fingerprint density at radius 3 is 2.58 bits per heavy atom. The van der Waals surface area contributed by atoms with E-state index in [4.69, 9.17) is 4.74 Å². The molecule has 2 rings (SSSR count). The zero-order chi connectivity index (χ0) is 13.8. The maximum atomic E-state index is 11.7. The van der Waals surface area contributed by atoms with Gasteiger partial charge in [-0.2, -0.15) is 4.98 Å². The van der Waals surface area contributed by atoms with Crippen LogP contribution in [0.1, 0.15) is 11.4 Å². The molecule has 0 radical (unpaired) electrons. The molecule has 0 unspecified atom stereocenters. The lowest BCUT2D eigenvalue weighted by atomic mass is 10.3. The number of ether oxygens (including phenoxy) is 1. The molecule has 0 saturated heterocycles. The minimum atomic E-state index is -0.225. The van der Waals surface area contributed by atoms with E-state index in [-0.39, 0.29) is 5.69 Å². The van der Waals surface area contributed by atoms with Gasteiger partial charge in [-0.05, 0) is 44.2 Å². The summed E-state index contributed by atoms with van der Waals surface area (Å²) in [5.41, 5.74) is 1.42. The SMILES string of the molecule is Cc1cc(C)n(CCOc2ccc(Br)cc2)c(=O)n1. The average Bonchev–Trinajstić information content (AvgIpc) is 2.34. The van der Waals surface area contributed by atoms with Gasteiger partial charge in [0.1, 0.15) is 12.4 Å². The van der Waals surface area contributed by atoms with E-state index >= 15 is 0 Å². The van der Waals surface area contributed by atoms with Crippen LogP contribution in [0.15, 0.2) is 39.6 Å². The van der Waals surface area contributed by atoms with Crippen LogP contribution >= 0.6 is 15.9 Å². The van der Waals surface area contributed by atoms with Crippen LogP contribution < -0.4 is 10.4 Å². The smallest absolute Gasteiger partial charge is 0.348 e. The van der Waals surface area contributed by atoms with Gasteiger partial charge in [0, 0.05) is 15.9 Å². The quantitative estimate of drug-likeness (QED) is 0.869. The Hall–Kier alpha value is -1.62. The molecule has 5 heteroatoms. The lowest BCUT2D eigenvalue weighted by Crippen LogP contribution is -2.27. The maximum absolute atomic E-state index is 11.7. The van der Waals surface area contributed by atoms with Crippen molar-refractivity contribution in [3.63, 3.8) is 0 Å². The number of hydrogen-bond acceptors (Lipinski definition) is 3. The van der Waals surface area contributed by atoms with Crippen molar-refractivity contribution in [2.24, 2.45) is 0 Å². The fraction of sp³-hybridized carbons (Fsp3) is 0.286. The molecule has 0 aliphatic rings. The first-order chi connectivity index (χ1) is 9.06. The van der Waals surface area contributed by atoms with Crippen LogP contribution in [0.3, 0.4) is 0 Å². The number of aryl methyl sites for hydroxylation is 2. The Labute approximate surface area is 120 Å². The lowest BCUT2D eigenvalue weighted by Gasteiger charge is -2.11. The average molecular weight is 323 g/mol. The van der Waals surface area contributed by atoms with Gasteiger partial charge in [0.25, 0.3) is 0 Å². The summed E-state index contributed by atoms with van der Waals surface area (Å²) in [4.78, 5) is 15.7. The molecule has 0 saturated carbocycles. The Balaban J connectivity index is 2.00. The van der Waals surface area contributed by atoms with Gasteiger partial charge in [-0.15, -0.1) is 0 Å². The summed E-state index contributed by atoms with van der Waals surface area (Å²) in [6.07, 6.45) is 0. The fourth-order valence-electron chi connectivity index (χ4n) is 1.83. The van der Waals surface area contributed by atoms with Gasteiger partial charge in [-0.3, -0.25) is 4.57 Å². The molecule has 1 aromatic heterocycles. The molecular formula is C14H15BrN2O2. The summed E-state index contributed by atoms with van der Waals surface area (Å²) in [5.74, 6) is 0.786. The summed E-state index contributed by atoms with van der Waals surface area (Å²) < 4.78 is 8.22. The van der Waals surface area contributed by atoms with E-state index in [2.05, 4.69) is 20.9 Å². The van der Waals surface area contributed by atoms with Crippen LogP contribution in [0, 0.1) is 13.8 Å². The summed E-state index contributed by atoms with van der Waals surface area (Å²) >= 11 is 3.37. The summed E-state index contributed by atoms with van der Waals surface area (Å²) in [6.45, 7) is 4.65. The normalized spacial score (nSPS) is 10.5. The molecule has 0 bridgehead atoms. The minimum Gasteiger partial charge on any atom is -0.492 e. The van der Waals surface area contributed by atoms with E-state index in [0.717, 1.165) is 21.6 Å². The highest BCUT2D eigenvalue weighted by Crippen LogP contribution is 2.15. The first-order valence-electron chi connectivity index (χ1n) is 6.00. The molecule has 19 heavy (non-hydrogen) atoms. The van der Waals surface area contributed by atoms with Gasteiger partial charge in [-0.1, -0.05) is 15.9 Å². The zero-order valence-electron chi connectivity index (χ0n) is 10.9. The Bertz CT molecular complexity index is 620. The first kappa shape index (κ1) is 13.8. The standard InChI is InChI=1S/C14H15BrN2O2/c1-10-9-11(2)17(14(18)16-10)7-8-19-13-5-3-12(15)4-6-13/h3-6,9H,7-8H2,1-2H3. The van der Waals surface area contributed by atoms with Gasteiger partial charge in [0.05, 0.1) is 6.54 Å². The third-order valence-corrected chi connectivity index (χ3v) is 3.27. The van der Waals surface area contributed by atoms with E-state index in [1.807, 2.05) is 44.2 Å². The number of rotatable bonds is 4. The van der Waals surface area contributed by atoms with E-state index in [1.54, 1.807) is 4.57 Å². The van der Waals surface area contributed by atoms with Crippen LogP contribution in [0.2, 0.25) is 0 Å².